The lowest BCUT2D eigenvalue weighted by molar-refractivity contribution is 0.102. The molecular weight excluding hydrogens is 412 g/mol. The SMILES string of the molecule is CNS(=O)(=O)c1cc(C(=O)Nc2ccc(C)c(Cl)c2)ccc1N1CCN(C)CC1. The number of halogens is 1. The van der Waals surface area contributed by atoms with Crippen molar-refractivity contribution in [3.05, 3.63) is 52.5 Å². The summed E-state index contributed by atoms with van der Waals surface area (Å²) < 4.78 is 27.7. The molecule has 1 aliphatic rings. The van der Waals surface area contributed by atoms with Crippen LogP contribution in [-0.2, 0) is 10.0 Å². The molecule has 0 radical (unpaired) electrons. The molecule has 0 unspecified atom stereocenters. The Bertz CT molecular complexity index is 1020. The average Bonchev–Trinajstić information content (AvgIpc) is 2.71. The van der Waals surface area contributed by atoms with Crippen LogP contribution >= 0.6 is 11.6 Å². The van der Waals surface area contributed by atoms with E-state index in [0.717, 1.165) is 31.7 Å². The van der Waals surface area contributed by atoms with E-state index >= 15 is 0 Å². The predicted octanol–water partition coefficient (Wildman–Crippen LogP) is 2.56. The number of sulfonamides is 1. The molecule has 1 amide bonds. The summed E-state index contributed by atoms with van der Waals surface area (Å²) in [7, 11) is -0.339. The third-order valence-electron chi connectivity index (χ3n) is 5.05. The van der Waals surface area contributed by atoms with Gasteiger partial charge in [0.05, 0.1) is 5.69 Å². The molecule has 0 atom stereocenters. The summed E-state index contributed by atoms with van der Waals surface area (Å²) in [6.07, 6.45) is 0. The first-order valence-corrected chi connectivity index (χ1v) is 11.2. The molecule has 3 rings (SSSR count). The number of hydrogen-bond acceptors (Lipinski definition) is 5. The topological polar surface area (TPSA) is 81.7 Å². The highest BCUT2D eigenvalue weighted by Gasteiger charge is 2.24. The summed E-state index contributed by atoms with van der Waals surface area (Å²) in [5, 5.41) is 3.32. The number of anilines is 2. The number of likely N-dealkylation sites (N-methyl/N-ethyl adjacent to an activating group) is 1. The number of aryl methyl sites for hydroxylation is 1. The molecule has 2 N–H and O–H groups in total. The van der Waals surface area contributed by atoms with Crippen molar-refractivity contribution >= 4 is 38.9 Å². The van der Waals surface area contributed by atoms with Crippen molar-refractivity contribution in [1.82, 2.24) is 9.62 Å². The number of carbonyl (C=O) groups excluding carboxylic acids is 1. The summed E-state index contributed by atoms with van der Waals surface area (Å²) in [4.78, 5) is 17.0. The van der Waals surface area contributed by atoms with E-state index in [1.165, 1.54) is 13.1 Å². The quantitative estimate of drug-likeness (QED) is 0.752. The minimum absolute atomic E-state index is 0.0964. The second kappa shape index (κ2) is 8.71. The molecule has 0 aromatic heterocycles. The van der Waals surface area contributed by atoms with Crippen molar-refractivity contribution in [2.24, 2.45) is 0 Å². The molecule has 156 valence electrons. The van der Waals surface area contributed by atoms with Gasteiger partial charge in [-0.1, -0.05) is 17.7 Å². The van der Waals surface area contributed by atoms with E-state index in [-0.39, 0.29) is 10.5 Å². The Morgan fingerprint density at radius 2 is 1.76 bits per heavy atom. The van der Waals surface area contributed by atoms with Gasteiger partial charge in [-0.15, -0.1) is 0 Å². The van der Waals surface area contributed by atoms with Crippen LogP contribution in [0, 0.1) is 6.92 Å². The van der Waals surface area contributed by atoms with Gasteiger partial charge >= 0.3 is 0 Å². The van der Waals surface area contributed by atoms with Crippen molar-refractivity contribution in [3.63, 3.8) is 0 Å². The van der Waals surface area contributed by atoms with E-state index < -0.39 is 15.9 Å². The Balaban J connectivity index is 1.93. The minimum Gasteiger partial charge on any atom is -0.368 e. The fraction of sp³-hybridized carbons (Fsp3) is 0.350. The van der Waals surface area contributed by atoms with Gasteiger partial charge in [0.1, 0.15) is 4.90 Å². The van der Waals surface area contributed by atoms with Gasteiger partial charge in [0.15, 0.2) is 0 Å². The second-order valence-electron chi connectivity index (χ2n) is 7.10. The normalized spacial score (nSPS) is 15.4. The third kappa shape index (κ3) is 4.90. The largest absolute Gasteiger partial charge is 0.368 e. The zero-order valence-electron chi connectivity index (χ0n) is 16.7. The Morgan fingerprint density at radius 3 is 2.38 bits per heavy atom. The monoisotopic (exact) mass is 436 g/mol. The van der Waals surface area contributed by atoms with E-state index in [9.17, 15) is 13.2 Å². The van der Waals surface area contributed by atoms with Crippen molar-refractivity contribution in [1.29, 1.82) is 0 Å². The lowest BCUT2D eigenvalue weighted by Gasteiger charge is -2.35. The van der Waals surface area contributed by atoms with Crippen LogP contribution in [0.5, 0.6) is 0 Å². The molecule has 0 spiro atoms. The molecule has 1 heterocycles. The molecular formula is C20H25ClN4O3S. The lowest BCUT2D eigenvalue weighted by atomic mass is 10.1. The van der Waals surface area contributed by atoms with E-state index in [0.29, 0.717) is 16.4 Å². The van der Waals surface area contributed by atoms with Crippen LogP contribution in [0.25, 0.3) is 0 Å². The molecule has 1 aliphatic heterocycles. The molecule has 2 aromatic carbocycles. The number of piperazine rings is 1. The molecule has 29 heavy (non-hydrogen) atoms. The van der Waals surface area contributed by atoms with Crippen molar-refractivity contribution < 1.29 is 13.2 Å². The number of benzene rings is 2. The summed E-state index contributed by atoms with van der Waals surface area (Å²) in [5.41, 5.74) is 2.31. The van der Waals surface area contributed by atoms with Crippen LogP contribution < -0.4 is 14.9 Å². The lowest BCUT2D eigenvalue weighted by Crippen LogP contribution is -2.45. The molecule has 0 aliphatic carbocycles. The summed E-state index contributed by atoms with van der Waals surface area (Å²) >= 11 is 6.12. The highest BCUT2D eigenvalue weighted by Crippen LogP contribution is 2.28. The van der Waals surface area contributed by atoms with Gasteiger partial charge < -0.3 is 15.1 Å². The fourth-order valence-corrected chi connectivity index (χ4v) is 4.32. The second-order valence-corrected chi connectivity index (χ2v) is 9.36. The summed E-state index contributed by atoms with van der Waals surface area (Å²) in [6, 6.07) is 10.00. The molecule has 0 saturated carbocycles. The zero-order valence-corrected chi connectivity index (χ0v) is 18.3. The number of nitrogens with zero attached hydrogens (tertiary/aromatic N) is 2. The standard InChI is InChI=1S/C20H25ClN4O3S/c1-14-4-6-16(13-17(14)21)23-20(26)15-5-7-18(19(12-15)29(27,28)22-2)25-10-8-24(3)9-11-25/h4-7,12-13,22H,8-11H2,1-3H3,(H,23,26). The molecule has 2 aromatic rings. The minimum atomic E-state index is -3.74. The number of hydrogen-bond donors (Lipinski definition) is 2. The van der Waals surface area contributed by atoms with Crippen LogP contribution in [0.3, 0.4) is 0 Å². The first kappa shape index (κ1) is 21.6. The first-order valence-electron chi connectivity index (χ1n) is 9.30. The van der Waals surface area contributed by atoms with Crippen LogP contribution in [0.4, 0.5) is 11.4 Å². The third-order valence-corrected chi connectivity index (χ3v) is 6.90. The van der Waals surface area contributed by atoms with Gasteiger partial charge in [-0.2, -0.15) is 0 Å². The van der Waals surface area contributed by atoms with E-state index in [4.69, 9.17) is 11.6 Å². The van der Waals surface area contributed by atoms with Crippen LogP contribution in [-0.4, -0.2) is 59.5 Å². The van der Waals surface area contributed by atoms with Gasteiger partial charge in [0, 0.05) is 42.5 Å². The predicted molar refractivity (Wildman–Crippen MR) is 117 cm³/mol. The van der Waals surface area contributed by atoms with Gasteiger partial charge in [-0.25, -0.2) is 13.1 Å². The number of rotatable bonds is 5. The van der Waals surface area contributed by atoms with E-state index in [2.05, 4.69) is 14.9 Å². The Morgan fingerprint density at radius 1 is 1.07 bits per heavy atom. The maximum atomic E-state index is 12.7. The summed E-state index contributed by atoms with van der Waals surface area (Å²) in [6.45, 7) is 5.00. The molecule has 7 nitrogen and oxygen atoms in total. The highest BCUT2D eigenvalue weighted by molar-refractivity contribution is 7.89. The van der Waals surface area contributed by atoms with Crippen LogP contribution in [0.15, 0.2) is 41.3 Å². The van der Waals surface area contributed by atoms with Crippen LogP contribution in [0.2, 0.25) is 5.02 Å². The average molecular weight is 437 g/mol. The maximum absolute atomic E-state index is 12.7. The Labute approximate surface area is 176 Å². The first-order chi connectivity index (χ1) is 13.7. The van der Waals surface area contributed by atoms with Gasteiger partial charge in [-0.05, 0) is 56.9 Å². The number of nitrogens with one attached hydrogen (secondary N) is 2. The van der Waals surface area contributed by atoms with Crippen LogP contribution in [0.1, 0.15) is 15.9 Å². The smallest absolute Gasteiger partial charge is 0.255 e. The van der Waals surface area contributed by atoms with Crippen molar-refractivity contribution in [2.75, 3.05) is 50.5 Å². The van der Waals surface area contributed by atoms with Crippen molar-refractivity contribution in [3.8, 4) is 0 Å². The number of carbonyl (C=O) groups is 1. The van der Waals surface area contributed by atoms with E-state index in [1.54, 1.807) is 24.3 Å². The molecule has 1 fully saturated rings. The number of amides is 1. The zero-order chi connectivity index (χ0) is 21.2. The van der Waals surface area contributed by atoms with E-state index in [1.807, 2.05) is 24.9 Å². The van der Waals surface area contributed by atoms with Gasteiger partial charge in [-0.3, -0.25) is 4.79 Å². The molecule has 1 saturated heterocycles. The highest BCUT2D eigenvalue weighted by atomic mass is 35.5. The van der Waals surface area contributed by atoms with Gasteiger partial charge in [0.2, 0.25) is 10.0 Å². The molecule has 9 heteroatoms. The van der Waals surface area contributed by atoms with Gasteiger partial charge in [0.25, 0.3) is 5.91 Å². The maximum Gasteiger partial charge on any atom is 0.255 e. The van der Waals surface area contributed by atoms with Crippen molar-refractivity contribution in [2.45, 2.75) is 11.8 Å². The fourth-order valence-electron chi connectivity index (χ4n) is 3.16. The Kier molecular flexibility index (Phi) is 6.48. The molecule has 0 bridgehead atoms. The Hall–Kier alpha value is -2.13. The summed E-state index contributed by atoms with van der Waals surface area (Å²) in [5.74, 6) is -0.401.